The molecule has 1 saturated heterocycles. The summed E-state index contributed by atoms with van der Waals surface area (Å²) in [4.78, 5) is 14.5. The van der Waals surface area contributed by atoms with E-state index >= 15 is 0 Å². The van der Waals surface area contributed by atoms with Crippen molar-refractivity contribution < 1.29 is 22.7 Å². The Hall–Kier alpha value is -0.700. The average Bonchev–Trinajstić information content (AvgIpc) is 2.55. The Morgan fingerprint density at radius 3 is 2.20 bits per heavy atom. The Balaban J connectivity index is 2.78. The third kappa shape index (κ3) is 7.60. The molecule has 1 rings (SSSR count). The maximum atomic E-state index is 12.7. The maximum absolute atomic E-state index is 12.7. The summed E-state index contributed by atoms with van der Waals surface area (Å²) >= 11 is 0. The molecule has 0 radical (unpaired) electrons. The van der Waals surface area contributed by atoms with Crippen molar-refractivity contribution in [2.75, 3.05) is 39.2 Å². The van der Waals surface area contributed by atoms with Gasteiger partial charge in [0.2, 0.25) is 15.9 Å². The minimum absolute atomic E-state index is 0.0151. The first-order valence-corrected chi connectivity index (χ1v) is 10.9. The van der Waals surface area contributed by atoms with E-state index in [1.54, 1.807) is 4.90 Å². The van der Waals surface area contributed by atoms with E-state index in [1.165, 1.54) is 0 Å². The average molecular weight is 379 g/mol. The first-order chi connectivity index (χ1) is 11.5. The molecule has 4 atom stereocenters. The molecule has 1 aliphatic rings. The van der Waals surface area contributed by atoms with E-state index in [9.17, 15) is 13.2 Å². The van der Waals surface area contributed by atoms with Crippen LogP contribution in [0.3, 0.4) is 0 Å². The highest BCUT2D eigenvalue weighted by Crippen LogP contribution is 2.21. The lowest BCUT2D eigenvalue weighted by molar-refractivity contribution is -0.141. The van der Waals surface area contributed by atoms with Crippen LogP contribution in [0.5, 0.6) is 0 Å². The fourth-order valence-electron chi connectivity index (χ4n) is 2.66. The van der Waals surface area contributed by atoms with Crippen LogP contribution in [0.15, 0.2) is 0 Å². The summed E-state index contributed by atoms with van der Waals surface area (Å²) < 4.78 is 37.2. The van der Waals surface area contributed by atoms with Crippen molar-refractivity contribution in [1.82, 2.24) is 9.62 Å². The van der Waals surface area contributed by atoms with Crippen molar-refractivity contribution in [3.63, 3.8) is 0 Å². The highest BCUT2D eigenvalue weighted by Gasteiger charge is 2.33. The number of hydrogen-bond acceptors (Lipinski definition) is 5. The number of amides is 1. The van der Waals surface area contributed by atoms with Gasteiger partial charge in [-0.25, -0.2) is 13.1 Å². The molecule has 7 nitrogen and oxygen atoms in total. The Kier molecular flexibility index (Phi) is 8.80. The van der Waals surface area contributed by atoms with Crippen LogP contribution >= 0.6 is 0 Å². The van der Waals surface area contributed by atoms with E-state index < -0.39 is 16.1 Å². The van der Waals surface area contributed by atoms with Gasteiger partial charge in [0, 0.05) is 25.0 Å². The van der Waals surface area contributed by atoms with E-state index in [2.05, 4.69) is 18.6 Å². The molecule has 1 fully saturated rings. The molecule has 0 aromatic heterocycles. The smallest absolute Gasteiger partial charge is 0.225 e. The number of sulfonamides is 1. The molecule has 1 heterocycles. The minimum Gasteiger partial charge on any atom is -0.378 e. The molecule has 0 aliphatic carbocycles. The zero-order valence-electron chi connectivity index (χ0n) is 16.3. The Labute approximate surface area is 152 Å². The number of nitrogens with one attached hydrogen (secondary N) is 1. The molecule has 1 amide bonds. The van der Waals surface area contributed by atoms with E-state index in [0.29, 0.717) is 32.2 Å². The third-order valence-corrected chi connectivity index (χ3v) is 5.71. The first kappa shape index (κ1) is 22.3. The molecule has 0 saturated carbocycles. The molecule has 1 N–H and O–H groups in total. The molecule has 1 aliphatic heterocycles. The third-order valence-electron chi connectivity index (χ3n) is 4.98. The second kappa shape index (κ2) is 9.85. The van der Waals surface area contributed by atoms with Crippen LogP contribution in [-0.4, -0.2) is 70.5 Å². The summed E-state index contributed by atoms with van der Waals surface area (Å²) in [6, 6.07) is -0.448. The number of carbonyl (C=O) groups is 1. The number of ether oxygens (including phenoxy) is 2. The van der Waals surface area contributed by atoms with E-state index in [0.717, 1.165) is 6.26 Å². The van der Waals surface area contributed by atoms with Crippen molar-refractivity contribution in [3.8, 4) is 0 Å². The molecular weight excluding hydrogens is 344 g/mol. The van der Waals surface area contributed by atoms with Gasteiger partial charge in [-0.2, -0.15) is 0 Å². The van der Waals surface area contributed by atoms with Gasteiger partial charge >= 0.3 is 0 Å². The van der Waals surface area contributed by atoms with Crippen LogP contribution in [-0.2, 0) is 24.3 Å². The second-order valence-corrected chi connectivity index (χ2v) is 9.14. The lowest BCUT2D eigenvalue weighted by Crippen LogP contribution is -2.50. The molecule has 0 aromatic rings. The van der Waals surface area contributed by atoms with Gasteiger partial charge in [-0.05, 0) is 18.8 Å². The monoisotopic (exact) mass is 378 g/mol. The van der Waals surface area contributed by atoms with Crippen molar-refractivity contribution in [2.24, 2.45) is 17.8 Å². The number of nitrogens with zero attached hydrogens (tertiary/aromatic N) is 1. The Morgan fingerprint density at radius 2 is 1.72 bits per heavy atom. The van der Waals surface area contributed by atoms with E-state index in [4.69, 9.17) is 9.47 Å². The summed E-state index contributed by atoms with van der Waals surface area (Å²) in [5, 5.41) is 0. The van der Waals surface area contributed by atoms with Gasteiger partial charge in [-0.15, -0.1) is 0 Å². The normalized spacial score (nSPS) is 21.0. The van der Waals surface area contributed by atoms with Crippen LogP contribution in [0.2, 0.25) is 0 Å². The fraction of sp³-hybridized carbons (Fsp3) is 0.941. The van der Waals surface area contributed by atoms with Crippen molar-refractivity contribution in [2.45, 2.75) is 46.8 Å². The van der Waals surface area contributed by atoms with Gasteiger partial charge < -0.3 is 14.4 Å². The molecule has 8 heteroatoms. The molecule has 0 bridgehead atoms. The highest BCUT2D eigenvalue weighted by molar-refractivity contribution is 7.88. The van der Waals surface area contributed by atoms with E-state index in [-0.39, 0.29) is 30.5 Å². The molecule has 148 valence electrons. The highest BCUT2D eigenvalue weighted by atomic mass is 32.2. The molecular formula is C17H34N2O5S. The van der Waals surface area contributed by atoms with Crippen LogP contribution in [0.4, 0.5) is 0 Å². The van der Waals surface area contributed by atoms with E-state index in [1.807, 2.05) is 20.8 Å². The SMILES string of the molecule is CC(C)C(C)OCC(NS(C)(=O)=O)C(C)C(C)C(=O)N1CCOCC1. The number of carbonyl (C=O) groups excluding carboxylic acids is 1. The standard InChI is InChI=1S/C17H34N2O5S/c1-12(2)15(5)24-11-16(18-25(6,21)22)13(3)14(4)17(20)19-7-9-23-10-8-19/h12-16,18H,7-11H2,1-6H3. The van der Waals surface area contributed by atoms with Crippen LogP contribution in [0.1, 0.15) is 34.6 Å². The molecule has 4 unspecified atom stereocenters. The summed E-state index contributed by atoms with van der Waals surface area (Å²) in [6.45, 7) is 12.3. The topological polar surface area (TPSA) is 84.9 Å². The predicted molar refractivity (Wildman–Crippen MR) is 97.7 cm³/mol. The number of morpholine rings is 1. The zero-order valence-corrected chi connectivity index (χ0v) is 17.1. The summed E-state index contributed by atoms with van der Waals surface area (Å²) in [7, 11) is -3.40. The van der Waals surface area contributed by atoms with Gasteiger partial charge in [0.25, 0.3) is 0 Å². The van der Waals surface area contributed by atoms with Gasteiger partial charge in [0.15, 0.2) is 0 Å². The van der Waals surface area contributed by atoms with Gasteiger partial charge in [0.05, 0.1) is 32.2 Å². The first-order valence-electron chi connectivity index (χ1n) is 8.98. The Morgan fingerprint density at radius 1 is 1.16 bits per heavy atom. The Bertz CT molecular complexity index is 517. The maximum Gasteiger partial charge on any atom is 0.225 e. The van der Waals surface area contributed by atoms with Crippen LogP contribution in [0.25, 0.3) is 0 Å². The van der Waals surface area contributed by atoms with Crippen molar-refractivity contribution in [1.29, 1.82) is 0 Å². The summed E-state index contributed by atoms with van der Waals surface area (Å²) in [5.41, 5.74) is 0. The summed E-state index contributed by atoms with van der Waals surface area (Å²) in [5.74, 6) is -0.130. The fourth-order valence-corrected chi connectivity index (χ4v) is 3.49. The zero-order chi connectivity index (χ0) is 19.2. The molecule has 0 aromatic carbocycles. The quantitative estimate of drug-likeness (QED) is 0.649. The van der Waals surface area contributed by atoms with Gasteiger partial charge in [0.1, 0.15) is 0 Å². The number of rotatable bonds is 9. The van der Waals surface area contributed by atoms with Gasteiger partial charge in [-0.3, -0.25) is 4.79 Å². The largest absolute Gasteiger partial charge is 0.378 e. The second-order valence-electron chi connectivity index (χ2n) is 7.36. The predicted octanol–water partition coefficient (Wildman–Crippen LogP) is 1.10. The molecule has 0 spiro atoms. The molecule has 25 heavy (non-hydrogen) atoms. The lowest BCUT2D eigenvalue weighted by atomic mass is 9.88. The minimum atomic E-state index is -3.40. The van der Waals surface area contributed by atoms with Crippen LogP contribution < -0.4 is 4.72 Å². The summed E-state index contributed by atoms with van der Waals surface area (Å²) in [6.07, 6.45) is 1.15. The van der Waals surface area contributed by atoms with Crippen molar-refractivity contribution in [3.05, 3.63) is 0 Å². The van der Waals surface area contributed by atoms with Gasteiger partial charge in [-0.1, -0.05) is 27.7 Å². The number of hydrogen-bond donors (Lipinski definition) is 1. The van der Waals surface area contributed by atoms with Crippen molar-refractivity contribution >= 4 is 15.9 Å². The lowest BCUT2D eigenvalue weighted by Gasteiger charge is -2.34. The van der Waals surface area contributed by atoms with Crippen LogP contribution in [0, 0.1) is 17.8 Å².